The molecule has 1 amide bonds. The van der Waals surface area contributed by atoms with Gasteiger partial charge in [-0.1, -0.05) is 0 Å². The zero-order valence-corrected chi connectivity index (χ0v) is 14.3. The molecule has 1 aliphatic heterocycles. The molecule has 1 aromatic carbocycles. The van der Waals surface area contributed by atoms with Gasteiger partial charge < -0.3 is 15.4 Å². The van der Waals surface area contributed by atoms with Crippen LogP contribution < -0.4 is 5.73 Å². The average molecular weight is 359 g/mol. The number of hydrogen-bond acceptors (Lipinski definition) is 3. The molecule has 1 aromatic rings. The number of carbonyl (C=O) groups excluding carboxylic acids is 1. The van der Waals surface area contributed by atoms with Gasteiger partial charge in [0.1, 0.15) is 5.82 Å². The molecule has 1 aliphatic rings. The summed E-state index contributed by atoms with van der Waals surface area (Å²) in [5, 5.41) is 0. The van der Waals surface area contributed by atoms with E-state index in [0.717, 1.165) is 0 Å². The van der Waals surface area contributed by atoms with E-state index in [4.69, 9.17) is 10.5 Å². The molecule has 0 aromatic heterocycles. The van der Waals surface area contributed by atoms with Crippen LogP contribution in [0.1, 0.15) is 38.1 Å². The summed E-state index contributed by atoms with van der Waals surface area (Å²) in [6.07, 6.45) is 0. The third kappa shape index (κ3) is 3.55. The van der Waals surface area contributed by atoms with Crippen LogP contribution in [0.3, 0.4) is 0 Å². The van der Waals surface area contributed by atoms with Crippen molar-refractivity contribution in [3.05, 3.63) is 28.0 Å². The van der Waals surface area contributed by atoms with Crippen LogP contribution in [0.15, 0.2) is 16.6 Å². The quantitative estimate of drug-likeness (QED) is 0.784. The topological polar surface area (TPSA) is 55.6 Å². The van der Waals surface area contributed by atoms with Crippen molar-refractivity contribution in [3.8, 4) is 0 Å². The van der Waals surface area contributed by atoms with Gasteiger partial charge in [-0.2, -0.15) is 0 Å². The Morgan fingerprint density at radius 3 is 2.33 bits per heavy atom. The first kappa shape index (κ1) is 16.2. The van der Waals surface area contributed by atoms with Crippen LogP contribution in [0.4, 0.5) is 10.1 Å². The molecule has 1 heterocycles. The fourth-order valence-corrected chi connectivity index (χ4v) is 3.32. The fraction of sp³-hybridized carbons (Fsp3) is 0.533. The van der Waals surface area contributed by atoms with Gasteiger partial charge in [-0.25, -0.2) is 4.39 Å². The van der Waals surface area contributed by atoms with E-state index in [1.807, 2.05) is 27.7 Å². The van der Waals surface area contributed by atoms with E-state index in [0.29, 0.717) is 23.1 Å². The first-order valence-electron chi connectivity index (χ1n) is 6.75. The standard InChI is InChI=1S/C15H20BrFN2O2/c1-14(2)7-19(8-15(3,4)21-14)13(20)9-5-12(18)11(17)6-10(9)16/h5-6H,7-8,18H2,1-4H3. The molecule has 2 N–H and O–H groups in total. The minimum atomic E-state index is -0.541. The maximum absolute atomic E-state index is 13.4. The lowest BCUT2D eigenvalue weighted by molar-refractivity contribution is -0.171. The van der Waals surface area contributed by atoms with Gasteiger partial charge in [0, 0.05) is 17.6 Å². The van der Waals surface area contributed by atoms with E-state index >= 15 is 0 Å². The molecular formula is C15H20BrFN2O2. The third-order valence-electron chi connectivity index (χ3n) is 3.30. The Morgan fingerprint density at radius 1 is 1.29 bits per heavy atom. The number of carbonyl (C=O) groups is 1. The van der Waals surface area contributed by atoms with Crippen molar-refractivity contribution in [2.75, 3.05) is 18.8 Å². The average Bonchev–Trinajstić information content (AvgIpc) is 2.29. The SMILES string of the molecule is CC1(C)CN(C(=O)c2cc(N)c(F)cc2Br)CC(C)(C)O1. The summed E-state index contributed by atoms with van der Waals surface area (Å²) in [7, 11) is 0. The number of nitrogen functional groups attached to an aromatic ring is 1. The van der Waals surface area contributed by atoms with Crippen LogP contribution in [0.25, 0.3) is 0 Å². The molecule has 1 fully saturated rings. The van der Waals surface area contributed by atoms with Crippen LogP contribution in [0, 0.1) is 5.82 Å². The lowest BCUT2D eigenvalue weighted by atomic mass is 9.98. The van der Waals surface area contributed by atoms with Gasteiger partial charge in [-0.05, 0) is 55.8 Å². The van der Waals surface area contributed by atoms with E-state index in [-0.39, 0.29) is 11.6 Å². The Hall–Kier alpha value is -1.14. The highest BCUT2D eigenvalue weighted by atomic mass is 79.9. The first-order valence-corrected chi connectivity index (χ1v) is 7.54. The maximum atomic E-state index is 13.4. The second-order valence-corrected chi connectivity index (χ2v) is 7.49. The Morgan fingerprint density at radius 2 is 1.81 bits per heavy atom. The minimum Gasteiger partial charge on any atom is -0.396 e. The maximum Gasteiger partial charge on any atom is 0.255 e. The van der Waals surface area contributed by atoms with Crippen molar-refractivity contribution < 1.29 is 13.9 Å². The zero-order valence-electron chi connectivity index (χ0n) is 12.7. The fourth-order valence-electron chi connectivity index (χ4n) is 2.83. The Labute approximate surface area is 132 Å². The van der Waals surface area contributed by atoms with Gasteiger partial charge in [0.25, 0.3) is 5.91 Å². The number of ether oxygens (including phenoxy) is 1. The van der Waals surface area contributed by atoms with Crippen LogP contribution in [-0.2, 0) is 4.74 Å². The van der Waals surface area contributed by atoms with Gasteiger partial charge in [-0.15, -0.1) is 0 Å². The molecule has 21 heavy (non-hydrogen) atoms. The minimum absolute atomic E-state index is 0.0340. The zero-order chi connectivity index (χ0) is 16.0. The molecule has 0 bridgehead atoms. The summed E-state index contributed by atoms with van der Waals surface area (Å²) >= 11 is 3.23. The molecule has 1 saturated heterocycles. The molecule has 2 rings (SSSR count). The smallest absolute Gasteiger partial charge is 0.255 e. The Balaban J connectivity index is 2.34. The number of amides is 1. The molecule has 116 valence electrons. The van der Waals surface area contributed by atoms with Gasteiger partial charge in [0.2, 0.25) is 0 Å². The number of morpholine rings is 1. The summed E-state index contributed by atoms with van der Waals surface area (Å²) in [5.74, 6) is -0.723. The Bertz CT molecular complexity index is 571. The highest BCUT2D eigenvalue weighted by molar-refractivity contribution is 9.10. The number of halogens is 2. The van der Waals surface area contributed by atoms with Crippen molar-refractivity contribution in [3.63, 3.8) is 0 Å². The normalized spacial score (nSPS) is 20.4. The molecular weight excluding hydrogens is 339 g/mol. The van der Waals surface area contributed by atoms with E-state index in [2.05, 4.69) is 15.9 Å². The molecule has 0 spiro atoms. The van der Waals surface area contributed by atoms with Crippen LogP contribution in [0.5, 0.6) is 0 Å². The largest absolute Gasteiger partial charge is 0.396 e. The van der Waals surface area contributed by atoms with E-state index < -0.39 is 17.0 Å². The first-order chi connectivity index (χ1) is 9.51. The number of anilines is 1. The third-order valence-corrected chi connectivity index (χ3v) is 3.96. The van der Waals surface area contributed by atoms with Crippen molar-refractivity contribution in [2.45, 2.75) is 38.9 Å². The van der Waals surface area contributed by atoms with Gasteiger partial charge >= 0.3 is 0 Å². The highest BCUT2D eigenvalue weighted by Crippen LogP contribution is 2.31. The summed E-state index contributed by atoms with van der Waals surface area (Å²) < 4.78 is 19.8. The number of nitrogens with two attached hydrogens (primary N) is 1. The molecule has 0 atom stereocenters. The lowest BCUT2D eigenvalue weighted by Crippen LogP contribution is -2.58. The second kappa shape index (κ2) is 5.25. The predicted molar refractivity (Wildman–Crippen MR) is 83.7 cm³/mol. The van der Waals surface area contributed by atoms with Crippen molar-refractivity contribution in [2.24, 2.45) is 0 Å². The number of nitrogens with zero attached hydrogens (tertiary/aromatic N) is 1. The van der Waals surface area contributed by atoms with Crippen molar-refractivity contribution in [1.29, 1.82) is 0 Å². The van der Waals surface area contributed by atoms with Crippen LogP contribution >= 0.6 is 15.9 Å². The number of hydrogen-bond donors (Lipinski definition) is 1. The molecule has 0 aliphatic carbocycles. The van der Waals surface area contributed by atoms with E-state index in [9.17, 15) is 9.18 Å². The highest BCUT2D eigenvalue weighted by Gasteiger charge is 2.40. The molecule has 0 saturated carbocycles. The Kier molecular flexibility index (Phi) is 4.06. The number of benzene rings is 1. The monoisotopic (exact) mass is 358 g/mol. The van der Waals surface area contributed by atoms with Crippen LogP contribution in [-0.4, -0.2) is 35.1 Å². The predicted octanol–water partition coefficient (Wildman–Crippen LogP) is 3.20. The summed E-state index contributed by atoms with van der Waals surface area (Å²) in [6.45, 7) is 8.73. The van der Waals surface area contributed by atoms with Crippen LogP contribution in [0.2, 0.25) is 0 Å². The number of rotatable bonds is 1. The van der Waals surface area contributed by atoms with Gasteiger partial charge in [0.15, 0.2) is 0 Å². The summed E-state index contributed by atoms with van der Waals surface area (Å²) in [5.41, 5.74) is 5.03. The molecule has 6 heteroatoms. The van der Waals surface area contributed by atoms with E-state index in [1.165, 1.54) is 12.1 Å². The van der Waals surface area contributed by atoms with Crippen molar-refractivity contribution in [1.82, 2.24) is 4.90 Å². The lowest BCUT2D eigenvalue weighted by Gasteiger charge is -2.47. The molecule has 4 nitrogen and oxygen atoms in total. The van der Waals surface area contributed by atoms with Gasteiger partial charge in [0.05, 0.1) is 22.5 Å². The second-order valence-electron chi connectivity index (χ2n) is 6.64. The molecule has 0 unspecified atom stereocenters. The molecule has 0 radical (unpaired) electrons. The summed E-state index contributed by atoms with van der Waals surface area (Å²) in [4.78, 5) is 14.4. The van der Waals surface area contributed by atoms with Crippen molar-refractivity contribution >= 4 is 27.5 Å². The summed E-state index contributed by atoms with van der Waals surface area (Å²) in [6, 6.07) is 2.59. The van der Waals surface area contributed by atoms with Gasteiger partial charge in [-0.3, -0.25) is 4.79 Å². The van der Waals surface area contributed by atoms with E-state index in [1.54, 1.807) is 4.90 Å².